The average molecular weight is 423 g/mol. The Labute approximate surface area is 190 Å². The SMILES string of the molecule is CCCC(C)C1=C/C(=C2/C=C(C3CC3(C)C)C(=O)c3ccccc32)c2ccccc2C1=O. The first-order valence-corrected chi connectivity index (χ1v) is 11.8. The minimum atomic E-state index is 0.138. The van der Waals surface area contributed by atoms with Crippen molar-refractivity contribution in [2.24, 2.45) is 17.3 Å². The highest BCUT2D eigenvalue weighted by atomic mass is 16.1. The highest BCUT2D eigenvalue weighted by Gasteiger charge is 2.50. The van der Waals surface area contributed by atoms with Gasteiger partial charge in [0.25, 0.3) is 0 Å². The summed E-state index contributed by atoms with van der Waals surface area (Å²) < 4.78 is 0. The van der Waals surface area contributed by atoms with Gasteiger partial charge in [-0.25, -0.2) is 0 Å². The van der Waals surface area contributed by atoms with E-state index in [4.69, 9.17) is 0 Å². The Balaban J connectivity index is 1.80. The van der Waals surface area contributed by atoms with Crippen molar-refractivity contribution in [3.8, 4) is 0 Å². The predicted octanol–water partition coefficient (Wildman–Crippen LogP) is 7.33. The highest BCUT2D eigenvalue weighted by molar-refractivity contribution is 6.23. The van der Waals surface area contributed by atoms with E-state index in [2.05, 4.69) is 39.8 Å². The van der Waals surface area contributed by atoms with E-state index in [9.17, 15) is 9.59 Å². The van der Waals surface area contributed by atoms with Gasteiger partial charge in [0, 0.05) is 22.3 Å². The van der Waals surface area contributed by atoms with Gasteiger partial charge in [-0.2, -0.15) is 0 Å². The molecule has 0 aromatic heterocycles. The van der Waals surface area contributed by atoms with Crippen molar-refractivity contribution in [2.75, 3.05) is 0 Å². The minimum Gasteiger partial charge on any atom is -0.289 e. The third-order valence-electron chi connectivity index (χ3n) is 7.48. The van der Waals surface area contributed by atoms with Gasteiger partial charge in [-0.05, 0) is 64.5 Å². The molecule has 0 spiro atoms. The molecule has 5 rings (SSSR count). The molecule has 2 aromatic carbocycles. The normalized spacial score (nSPS) is 24.3. The van der Waals surface area contributed by atoms with E-state index in [-0.39, 0.29) is 22.9 Å². The molecule has 0 amide bonds. The van der Waals surface area contributed by atoms with Gasteiger partial charge >= 0.3 is 0 Å². The molecule has 32 heavy (non-hydrogen) atoms. The van der Waals surface area contributed by atoms with Crippen molar-refractivity contribution in [1.82, 2.24) is 0 Å². The van der Waals surface area contributed by atoms with Crippen LogP contribution in [0.2, 0.25) is 0 Å². The molecule has 0 heterocycles. The number of Topliss-reactive ketones (excluding diaryl/α,β-unsaturated/α-hetero) is 2. The number of fused-ring (bicyclic) bond motifs is 2. The zero-order valence-corrected chi connectivity index (χ0v) is 19.4. The molecule has 0 saturated heterocycles. The molecule has 0 bridgehead atoms. The molecule has 2 nitrogen and oxygen atoms in total. The summed E-state index contributed by atoms with van der Waals surface area (Å²) in [6.07, 6.45) is 7.30. The molecule has 0 N–H and O–H groups in total. The number of hydrogen-bond acceptors (Lipinski definition) is 2. The van der Waals surface area contributed by atoms with Gasteiger partial charge in [0.15, 0.2) is 11.6 Å². The maximum atomic E-state index is 13.4. The number of allylic oxidation sites excluding steroid dienone is 6. The van der Waals surface area contributed by atoms with E-state index in [1.165, 1.54) is 0 Å². The molecule has 3 aliphatic carbocycles. The number of benzene rings is 2. The van der Waals surface area contributed by atoms with E-state index < -0.39 is 0 Å². The van der Waals surface area contributed by atoms with Gasteiger partial charge in [0.05, 0.1) is 0 Å². The Hall–Kier alpha value is -3.00. The monoisotopic (exact) mass is 422 g/mol. The molecule has 1 saturated carbocycles. The smallest absolute Gasteiger partial charge is 0.189 e. The molecular weight excluding hydrogens is 392 g/mol. The first-order valence-electron chi connectivity index (χ1n) is 11.8. The van der Waals surface area contributed by atoms with Crippen LogP contribution in [0.1, 0.15) is 78.8 Å². The van der Waals surface area contributed by atoms with E-state index in [1.54, 1.807) is 0 Å². The van der Waals surface area contributed by atoms with Crippen LogP contribution in [0.5, 0.6) is 0 Å². The minimum absolute atomic E-state index is 0.138. The summed E-state index contributed by atoms with van der Waals surface area (Å²) >= 11 is 0. The molecule has 0 aliphatic heterocycles. The average Bonchev–Trinajstić information content (AvgIpc) is 3.43. The fourth-order valence-corrected chi connectivity index (χ4v) is 5.40. The van der Waals surface area contributed by atoms with Crippen LogP contribution in [0, 0.1) is 17.3 Å². The Bertz CT molecular complexity index is 1230. The predicted molar refractivity (Wildman–Crippen MR) is 130 cm³/mol. The molecule has 3 aliphatic rings. The summed E-state index contributed by atoms with van der Waals surface area (Å²) in [4.78, 5) is 26.8. The number of rotatable bonds is 4. The summed E-state index contributed by atoms with van der Waals surface area (Å²) in [5.41, 5.74) is 7.58. The fourth-order valence-electron chi connectivity index (χ4n) is 5.40. The van der Waals surface area contributed by atoms with Crippen LogP contribution >= 0.6 is 0 Å². The Kier molecular flexibility index (Phi) is 4.93. The van der Waals surface area contributed by atoms with Crippen molar-refractivity contribution in [3.05, 3.63) is 94.1 Å². The lowest BCUT2D eigenvalue weighted by atomic mass is 9.76. The molecule has 2 unspecified atom stereocenters. The lowest BCUT2D eigenvalue weighted by molar-refractivity contribution is 0.101. The molecule has 1 fully saturated rings. The lowest BCUT2D eigenvalue weighted by Crippen LogP contribution is -2.19. The van der Waals surface area contributed by atoms with Crippen molar-refractivity contribution in [3.63, 3.8) is 0 Å². The van der Waals surface area contributed by atoms with Crippen molar-refractivity contribution in [2.45, 2.75) is 47.0 Å². The largest absolute Gasteiger partial charge is 0.289 e. The summed E-state index contributed by atoms with van der Waals surface area (Å²) in [7, 11) is 0. The first-order chi connectivity index (χ1) is 15.3. The van der Waals surface area contributed by atoms with Crippen molar-refractivity contribution < 1.29 is 9.59 Å². The number of hydrogen-bond donors (Lipinski definition) is 0. The molecule has 2 atom stereocenters. The van der Waals surface area contributed by atoms with Gasteiger partial charge in [0.1, 0.15) is 0 Å². The van der Waals surface area contributed by atoms with Gasteiger partial charge in [0.2, 0.25) is 0 Å². The lowest BCUT2D eigenvalue weighted by Gasteiger charge is -2.26. The maximum Gasteiger partial charge on any atom is 0.189 e. The Morgan fingerprint density at radius 2 is 1.34 bits per heavy atom. The van der Waals surface area contributed by atoms with Crippen LogP contribution in [0.15, 0.2) is 71.8 Å². The quantitative estimate of drug-likeness (QED) is 0.517. The number of carbonyl (C=O) groups is 2. The summed E-state index contributed by atoms with van der Waals surface area (Å²) in [5, 5.41) is 0. The maximum absolute atomic E-state index is 13.4. The topological polar surface area (TPSA) is 34.1 Å². The van der Waals surface area contributed by atoms with Crippen LogP contribution < -0.4 is 0 Å². The van der Waals surface area contributed by atoms with E-state index >= 15 is 0 Å². The number of ketones is 2. The number of carbonyl (C=O) groups excluding carboxylic acids is 2. The van der Waals surface area contributed by atoms with E-state index in [0.717, 1.165) is 63.8 Å². The first kappa shape index (κ1) is 20.9. The molecule has 0 radical (unpaired) electrons. The van der Waals surface area contributed by atoms with Crippen molar-refractivity contribution >= 4 is 22.7 Å². The van der Waals surface area contributed by atoms with Gasteiger partial charge in [-0.15, -0.1) is 0 Å². The fraction of sp³-hybridized carbons (Fsp3) is 0.333. The second kappa shape index (κ2) is 7.55. The molecule has 2 heteroatoms. The van der Waals surface area contributed by atoms with Crippen LogP contribution in [0.25, 0.3) is 11.1 Å². The van der Waals surface area contributed by atoms with E-state index in [1.807, 2.05) is 48.5 Å². The third-order valence-corrected chi connectivity index (χ3v) is 7.48. The third kappa shape index (κ3) is 3.24. The van der Waals surface area contributed by atoms with E-state index in [0.29, 0.717) is 5.92 Å². The van der Waals surface area contributed by atoms with Gasteiger partial charge < -0.3 is 0 Å². The van der Waals surface area contributed by atoms with Crippen LogP contribution in [-0.4, -0.2) is 11.6 Å². The van der Waals surface area contributed by atoms with Crippen LogP contribution in [0.3, 0.4) is 0 Å². The summed E-state index contributed by atoms with van der Waals surface area (Å²) in [6.45, 7) is 8.78. The molecule has 162 valence electrons. The van der Waals surface area contributed by atoms with Gasteiger partial charge in [-0.3, -0.25) is 9.59 Å². The van der Waals surface area contributed by atoms with Crippen molar-refractivity contribution in [1.29, 1.82) is 0 Å². The summed E-state index contributed by atoms with van der Waals surface area (Å²) in [6, 6.07) is 15.9. The Morgan fingerprint density at radius 3 is 1.88 bits per heavy atom. The van der Waals surface area contributed by atoms with Crippen LogP contribution in [-0.2, 0) is 0 Å². The second-order valence-corrected chi connectivity index (χ2v) is 10.2. The molecular formula is C30H30O2. The second-order valence-electron chi connectivity index (χ2n) is 10.2. The standard InChI is InChI=1S/C30H30O2/c1-5-10-18(2)23-15-24(19-11-6-8-13-21(19)28(23)31)25-16-26(27-17-30(27,3)4)29(32)22-14-9-7-12-20(22)25/h6-9,11-16,18,27H,5,10,17H2,1-4H3/b25-24+. The van der Waals surface area contributed by atoms with Gasteiger partial charge in [-0.1, -0.05) is 82.6 Å². The highest BCUT2D eigenvalue weighted by Crippen LogP contribution is 2.58. The Morgan fingerprint density at radius 1 is 0.844 bits per heavy atom. The zero-order valence-electron chi connectivity index (χ0n) is 19.4. The zero-order chi connectivity index (χ0) is 22.6. The molecule has 2 aromatic rings. The summed E-state index contributed by atoms with van der Waals surface area (Å²) in [5.74, 6) is 0.785. The van der Waals surface area contributed by atoms with Crippen LogP contribution in [0.4, 0.5) is 0 Å².